The van der Waals surface area contributed by atoms with Crippen LogP contribution in [0.2, 0.25) is 0 Å². The largest absolute Gasteiger partial charge is 0.496 e. The maximum atomic E-state index is 11.8. The van der Waals surface area contributed by atoms with Gasteiger partial charge in [0, 0.05) is 12.1 Å². The van der Waals surface area contributed by atoms with E-state index in [2.05, 4.69) is 19.2 Å². The number of aliphatic hydroxyl groups excluding tert-OH is 1. The van der Waals surface area contributed by atoms with E-state index in [-0.39, 0.29) is 12.5 Å². The SMILES string of the molecule is COc1cc(C(=O)NCC(C)O)ccc1C(C)C. The first-order chi connectivity index (χ1) is 8.45. The number of rotatable bonds is 5. The topological polar surface area (TPSA) is 58.6 Å². The van der Waals surface area contributed by atoms with Gasteiger partial charge in [0.1, 0.15) is 5.75 Å². The van der Waals surface area contributed by atoms with Crippen molar-refractivity contribution in [3.8, 4) is 5.75 Å². The van der Waals surface area contributed by atoms with Crippen LogP contribution >= 0.6 is 0 Å². The van der Waals surface area contributed by atoms with Crippen LogP contribution in [0.25, 0.3) is 0 Å². The minimum Gasteiger partial charge on any atom is -0.496 e. The Balaban J connectivity index is 2.88. The van der Waals surface area contributed by atoms with Crippen LogP contribution in [0.3, 0.4) is 0 Å². The highest BCUT2D eigenvalue weighted by molar-refractivity contribution is 5.94. The van der Waals surface area contributed by atoms with Crippen LogP contribution in [0.5, 0.6) is 5.75 Å². The average Bonchev–Trinajstić information content (AvgIpc) is 2.34. The van der Waals surface area contributed by atoms with Gasteiger partial charge >= 0.3 is 0 Å². The molecule has 1 unspecified atom stereocenters. The Kier molecular flexibility index (Phi) is 5.16. The smallest absolute Gasteiger partial charge is 0.251 e. The summed E-state index contributed by atoms with van der Waals surface area (Å²) in [5.41, 5.74) is 1.61. The van der Waals surface area contributed by atoms with Gasteiger partial charge in [0.15, 0.2) is 0 Å². The summed E-state index contributed by atoms with van der Waals surface area (Å²) in [6, 6.07) is 5.41. The van der Waals surface area contributed by atoms with E-state index in [0.717, 1.165) is 11.3 Å². The molecule has 0 heterocycles. The molecule has 1 amide bonds. The fraction of sp³-hybridized carbons (Fsp3) is 0.500. The minimum atomic E-state index is -0.550. The Morgan fingerprint density at radius 1 is 1.39 bits per heavy atom. The number of aliphatic hydroxyl groups is 1. The van der Waals surface area contributed by atoms with Crippen molar-refractivity contribution in [2.24, 2.45) is 0 Å². The summed E-state index contributed by atoms with van der Waals surface area (Å²) in [6.07, 6.45) is -0.550. The second-order valence-corrected chi connectivity index (χ2v) is 4.67. The molecule has 1 aromatic carbocycles. The molecular formula is C14H21NO3. The Bertz CT molecular complexity index is 414. The molecule has 1 aromatic rings. The molecule has 0 radical (unpaired) electrons. The third-order valence-electron chi connectivity index (χ3n) is 2.68. The number of amides is 1. The number of hydrogen-bond donors (Lipinski definition) is 2. The van der Waals surface area contributed by atoms with Crippen LogP contribution in [0.1, 0.15) is 42.6 Å². The number of nitrogens with one attached hydrogen (secondary N) is 1. The van der Waals surface area contributed by atoms with E-state index in [1.54, 1.807) is 26.2 Å². The summed E-state index contributed by atoms with van der Waals surface area (Å²) in [6.45, 7) is 6.02. The van der Waals surface area contributed by atoms with Gasteiger partial charge in [-0.05, 0) is 30.5 Å². The van der Waals surface area contributed by atoms with E-state index in [1.807, 2.05) is 6.07 Å². The fourth-order valence-corrected chi connectivity index (χ4v) is 1.67. The van der Waals surface area contributed by atoms with E-state index in [1.165, 1.54) is 0 Å². The lowest BCUT2D eigenvalue weighted by Gasteiger charge is -2.13. The lowest BCUT2D eigenvalue weighted by molar-refractivity contribution is 0.0923. The zero-order valence-electron chi connectivity index (χ0n) is 11.4. The molecule has 0 bridgehead atoms. The highest BCUT2D eigenvalue weighted by Crippen LogP contribution is 2.27. The third-order valence-corrected chi connectivity index (χ3v) is 2.68. The number of benzene rings is 1. The van der Waals surface area contributed by atoms with Crippen molar-refractivity contribution in [1.29, 1.82) is 0 Å². The molecule has 0 aliphatic carbocycles. The third kappa shape index (κ3) is 3.74. The maximum Gasteiger partial charge on any atom is 0.251 e. The van der Waals surface area contributed by atoms with Crippen LogP contribution in [0, 0.1) is 0 Å². The Hall–Kier alpha value is -1.55. The van der Waals surface area contributed by atoms with E-state index in [0.29, 0.717) is 11.5 Å². The van der Waals surface area contributed by atoms with E-state index in [4.69, 9.17) is 9.84 Å². The first-order valence-electron chi connectivity index (χ1n) is 6.10. The standard InChI is InChI=1S/C14H21NO3/c1-9(2)12-6-5-11(7-13(12)18-4)14(17)15-8-10(3)16/h5-7,9-10,16H,8H2,1-4H3,(H,15,17). The summed E-state index contributed by atoms with van der Waals surface area (Å²) >= 11 is 0. The predicted octanol–water partition coefficient (Wildman–Crippen LogP) is 1.93. The van der Waals surface area contributed by atoms with Crippen molar-refractivity contribution in [3.63, 3.8) is 0 Å². The summed E-state index contributed by atoms with van der Waals surface area (Å²) in [5.74, 6) is 0.855. The van der Waals surface area contributed by atoms with Crippen molar-refractivity contribution < 1.29 is 14.6 Å². The Morgan fingerprint density at radius 3 is 2.56 bits per heavy atom. The molecule has 0 spiro atoms. The number of methoxy groups -OCH3 is 1. The van der Waals surface area contributed by atoms with Gasteiger partial charge in [0.05, 0.1) is 13.2 Å². The van der Waals surface area contributed by atoms with Crippen LogP contribution in [0.15, 0.2) is 18.2 Å². The van der Waals surface area contributed by atoms with Gasteiger partial charge < -0.3 is 15.2 Å². The fourth-order valence-electron chi connectivity index (χ4n) is 1.67. The molecule has 0 saturated carbocycles. The molecule has 0 aliphatic rings. The molecule has 1 rings (SSSR count). The Morgan fingerprint density at radius 2 is 2.06 bits per heavy atom. The summed E-state index contributed by atoms with van der Waals surface area (Å²) in [5, 5.41) is 11.8. The van der Waals surface area contributed by atoms with E-state index < -0.39 is 6.10 Å². The molecule has 0 saturated heterocycles. The lowest BCUT2D eigenvalue weighted by atomic mass is 10.00. The molecule has 1 atom stereocenters. The van der Waals surface area contributed by atoms with Crippen LogP contribution in [0.4, 0.5) is 0 Å². The average molecular weight is 251 g/mol. The van der Waals surface area contributed by atoms with Crippen molar-refractivity contribution in [2.45, 2.75) is 32.8 Å². The van der Waals surface area contributed by atoms with E-state index in [9.17, 15) is 4.79 Å². The highest BCUT2D eigenvalue weighted by Gasteiger charge is 2.12. The summed E-state index contributed by atoms with van der Waals surface area (Å²) in [4.78, 5) is 11.8. The number of ether oxygens (including phenoxy) is 1. The van der Waals surface area contributed by atoms with Crippen LogP contribution in [-0.2, 0) is 0 Å². The summed E-state index contributed by atoms with van der Waals surface area (Å²) in [7, 11) is 1.60. The second kappa shape index (κ2) is 6.40. The molecule has 18 heavy (non-hydrogen) atoms. The quantitative estimate of drug-likeness (QED) is 0.840. The minimum absolute atomic E-state index is 0.204. The number of carbonyl (C=O) groups excluding carboxylic acids is 1. The molecule has 0 aliphatic heterocycles. The molecule has 4 nitrogen and oxygen atoms in total. The first kappa shape index (κ1) is 14.5. The van der Waals surface area contributed by atoms with Crippen molar-refractivity contribution in [2.75, 3.05) is 13.7 Å². The zero-order valence-corrected chi connectivity index (χ0v) is 11.4. The monoisotopic (exact) mass is 251 g/mol. The number of hydrogen-bond acceptors (Lipinski definition) is 3. The normalized spacial score (nSPS) is 12.3. The Labute approximate surface area is 108 Å². The maximum absolute atomic E-state index is 11.8. The second-order valence-electron chi connectivity index (χ2n) is 4.67. The van der Waals surface area contributed by atoms with Gasteiger partial charge in [-0.1, -0.05) is 19.9 Å². The van der Waals surface area contributed by atoms with Gasteiger partial charge in [-0.3, -0.25) is 4.79 Å². The molecule has 0 aromatic heterocycles. The highest BCUT2D eigenvalue weighted by atomic mass is 16.5. The van der Waals surface area contributed by atoms with Gasteiger partial charge in [0.2, 0.25) is 0 Å². The van der Waals surface area contributed by atoms with Gasteiger partial charge in [-0.2, -0.15) is 0 Å². The molecular weight excluding hydrogens is 230 g/mol. The molecule has 100 valence electrons. The predicted molar refractivity (Wildman–Crippen MR) is 71.1 cm³/mol. The van der Waals surface area contributed by atoms with Crippen molar-refractivity contribution in [1.82, 2.24) is 5.32 Å². The number of carbonyl (C=O) groups is 1. The van der Waals surface area contributed by atoms with Crippen molar-refractivity contribution >= 4 is 5.91 Å². The van der Waals surface area contributed by atoms with Gasteiger partial charge in [0.25, 0.3) is 5.91 Å². The van der Waals surface area contributed by atoms with Gasteiger partial charge in [-0.15, -0.1) is 0 Å². The summed E-state index contributed by atoms with van der Waals surface area (Å²) < 4.78 is 5.29. The van der Waals surface area contributed by atoms with E-state index >= 15 is 0 Å². The molecule has 0 fully saturated rings. The van der Waals surface area contributed by atoms with Gasteiger partial charge in [-0.25, -0.2) is 0 Å². The molecule has 4 heteroatoms. The van der Waals surface area contributed by atoms with Crippen LogP contribution in [-0.4, -0.2) is 30.8 Å². The van der Waals surface area contributed by atoms with Crippen molar-refractivity contribution in [3.05, 3.63) is 29.3 Å². The zero-order chi connectivity index (χ0) is 13.7. The lowest BCUT2D eigenvalue weighted by Crippen LogP contribution is -2.30. The first-order valence-corrected chi connectivity index (χ1v) is 6.10. The molecule has 2 N–H and O–H groups in total. The van der Waals surface area contributed by atoms with Crippen LogP contribution < -0.4 is 10.1 Å².